The lowest BCUT2D eigenvalue weighted by atomic mass is 10.0. The number of sulfonamides is 1. The van der Waals surface area contributed by atoms with E-state index in [-0.39, 0.29) is 23.3 Å². The summed E-state index contributed by atoms with van der Waals surface area (Å²) in [5, 5.41) is 0. The average molecular weight is 396 g/mol. The van der Waals surface area contributed by atoms with Crippen molar-refractivity contribution in [3.05, 3.63) is 23.8 Å². The number of hydrogen-bond donors (Lipinski definition) is 1. The Morgan fingerprint density at radius 3 is 2.59 bits per heavy atom. The molecule has 27 heavy (non-hydrogen) atoms. The first-order chi connectivity index (χ1) is 12.8. The number of nitrogens with zero attached hydrogens (tertiary/aromatic N) is 2. The molecule has 0 unspecified atom stereocenters. The molecule has 0 aromatic heterocycles. The Bertz CT molecular complexity index is 792. The Kier molecular flexibility index (Phi) is 7.38. The third kappa shape index (κ3) is 5.52. The van der Waals surface area contributed by atoms with Crippen molar-refractivity contribution in [2.45, 2.75) is 51.3 Å². The molecule has 1 N–H and O–H groups in total. The highest BCUT2D eigenvalue weighted by atomic mass is 32.2. The van der Waals surface area contributed by atoms with Gasteiger partial charge in [0, 0.05) is 45.7 Å². The summed E-state index contributed by atoms with van der Waals surface area (Å²) in [7, 11) is -3.66. The van der Waals surface area contributed by atoms with Gasteiger partial charge in [-0.25, -0.2) is 13.1 Å². The number of carbonyl (C=O) groups excluding carboxylic acids is 2. The third-order valence-electron chi connectivity index (χ3n) is 4.76. The summed E-state index contributed by atoms with van der Waals surface area (Å²) < 4.78 is 27.8. The molecule has 1 heterocycles. The number of anilines is 1. The molecule has 0 atom stereocenters. The van der Waals surface area contributed by atoms with Crippen LogP contribution in [0.4, 0.5) is 5.69 Å². The lowest BCUT2D eigenvalue weighted by Crippen LogP contribution is -2.38. The van der Waals surface area contributed by atoms with Gasteiger partial charge in [-0.05, 0) is 43.0 Å². The van der Waals surface area contributed by atoms with Crippen LogP contribution in [0, 0.1) is 0 Å². The summed E-state index contributed by atoms with van der Waals surface area (Å²) >= 11 is 0. The fourth-order valence-electron chi connectivity index (χ4n) is 3.24. The molecule has 0 bridgehead atoms. The summed E-state index contributed by atoms with van der Waals surface area (Å²) in [6, 6.07) is 4.88. The van der Waals surface area contributed by atoms with Crippen LogP contribution in [-0.2, 0) is 26.0 Å². The Morgan fingerprint density at radius 2 is 1.96 bits per heavy atom. The zero-order chi connectivity index (χ0) is 20.0. The zero-order valence-corrected chi connectivity index (χ0v) is 17.1. The fourth-order valence-corrected chi connectivity index (χ4v) is 4.31. The van der Waals surface area contributed by atoms with Gasteiger partial charge in [0.2, 0.25) is 21.8 Å². The molecule has 2 amide bonds. The van der Waals surface area contributed by atoms with Crippen LogP contribution in [0.2, 0.25) is 0 Å². The number of unbranched alkanes of at least 4 members (excludes halogenated alkanes) is 1. The summed E-state index contributed by atoms with van der Waals surface area (Å²) in [5.74, 6) is -0.0955. The summed E-state index contributed by atoms with van der Waals surface area (Å²) in [5.41, 5.74) is 1.66. The molecule has 150 valence electrons. The predicted octanol–water partition coefficient (Wildman–Crippen LogP) is 1.91. The number of rotatable bonds is 8. The van der Waals surface area contributed by atoms with Crippen molar-refractivity contribution in [3.8, 4) is 0 Å². The summed E-state index contributed by atoms with van der Waals surface area (Å²) in [6.45, 7) is 6.86. The van der Waals surface area contributed by atoms with Gasteiger partial charge in [-0.1, -0.05) is 13.3 Å². The molecule has 0 spiro atoms. The van der Waals surface area contributed by atoms with Gasteiger partial charge in [0.15, 0.2) is 0 Å². The molecule has 0 aliphatic carbocycles. The van der Waals surface area contributed by atoms with E-state index in [1.807, 2.05) is 6.92 Å². The van der Waals surface area contributed by atoms with Gasteiger partial charge in [-0.3, -0.25) is 9.59 Å². The fraction of sp³-hybridized carbons (Fsp3) is 0.579. The maximum absolute atomic E-state index is 12.6. The van der Waals surface area contributed by atoms with E-state index in [9.17, 15) is 18.0 Å². The first-order valence-corrected chi connectivity index (χ1v) is 10.9. The summed E-state index contributed by atoms with van der Waals surface area (Å²) in [6.07, 6.45) is 3.43. The van der Waals surface area contributed by atoms with Crippen molar-refractivity contribution >= 4 is 27.5 Å². The van der Waals surface area contributed by atoms with Crippen molar-refractivity contribution in [2.75, 3.05) is 31.1 Å². The van der Waals surface area contributed by atoms with Crippen molar-refractivity contribution in [2.24, 2.45) is 0 Å². The smallest absolute Gasteiger partial charge is 0.240 e. The van der Waals surface area contributed by atoms with Crippen molar-refractivity contribution in [1.29, 1.82) is 0 Å². The number of hydrogen-bond acceptors (Lipinski definition) is 4. The van der Waals surface area contributed by atoms with Crippen LogP contribution in [0.15, 0.2) is 23.1 Å². The lowest BCUT2D eigenvalue weighted by Gasteiger charge is -2.29. The first kappa shape index (κ1) is 21.4. The number of fused-ring (bicyclic) bond motifs is 1. The van der Waals surface area contributed by atoms with Gasteiger partial charge in [-0.15, -0.1) is 0 Å². The molecule has 8 heteroatoms. The van der Waals surface area contributed by atoms with E-state index in [1.165, 1.54) is 19.9 Å². The molecule has 7 nitrogen and oxygen atoms in total. The van der Waals surface area contributed by atoms with Crippen LogP contribution in [-0.4, -0.2) is 51.3 Å². The second-order valence-corrected chi connectivity index (χ2v) is 8.59. The number of benzene rings is 1. The Hall–Kier alpha value is -1.93. The van der Waals surface area contributed by atoms with Gasteiger partial charge >= 0.3 is 0 Å². The molecule has 1 aliphatic heterocycles. The minimum Gasteiger partial charge on any atom is -0.342 e. The van der Waals surface area contributed by atoms with Crippen LogP contribution < -0.4 is 9.62 Å². The summed E-state index contributed by atoms with van der Waals surface area (Å²) in [4.78, 5) is 26.9. The van der Waals surface area contributed by atoms with Crippen molar-refractivity contribution < 1.29 is 18.0 Å². The standard InChI is InChI=1S/C19H29N3O4S/c1-4-5-11-21(15(2)23)13-10-20-27(25,26)18-8-9-19-17(14-18)7-6-12-22(19)16(3)24/h8-9,14,20H,4-7,10-13H2,1-3H3. The largest absolute Gasteiger partial charge is 0.342 e. The second-order valence-electron chi connectivity index (χ2n) is 6.82. The van der Waals surface area contributed by atoms with Crippen LogP contribution >= 0.6 is 0 Å². The molecule has 1 aliphatic rings. The highest BCUT2D eigenvalue weighted by Gasteiger charge is 2.23. The quantitative estimate of drug-likeness (QED) is 0.728. The normalized spacial score (nSPS) is 14.0. The number of nitrogens with one attached hydrogen (secondary N) is 1. The second kappa shape index (κ2) is 9.32. The average Bonchev–Trinajstić information content (AvgIpc) is 2.63. The number of carbonyl (C=O) groups is 2. The zero-order valence-electron chi connectivity index (χ0n) is 16.3. The van der Waals surface area contributed by atoms with Crippen LogP contribution in [0.3, 0.4) is 0 Å². The highest BCUT2D eigenvalue weighted by molar-refractivity contribution is 7.89. The van der Waals surface area contributed by atoms with Gasteiger partial charge in [-0.2, -0.15) is 0 Å². The molecule has 1 aromatic rings. The van der Waals surface area contributed by atoms with Crippen LogP contribution in [0.1, 0.15) is 45.6 Å². The Balaban J connectivity index is 2.06. The topological polar surface area (TPSA) is 86.8 Å². The predicted molar refractivity (Wildman–Crippen MR) is 105 cm³/mol. The third-order valence-corrected chi connectivity index (χ3v) is 6.22. The molecule has 0 saturated heterocycles. The molecular weight excluding hydrogens is 366 g/mol. The van der Waals surface area contributed by atoms with E-state index >= 15 is 0 Å². The van der Waals surface area contributed by atoms with Gasteiger partial charge < -0.3 is 9.80 Å². The van der Waals surface area contributed by atoms with E-state index in [2.05, 4.69) is 4.72 Å². The van der Waals surface area contributed by atoms with Crippen molar-refractivity contribution in [1.82, 2.24) is 9.62 Å². The molecule has 0 fully saturated rings. The highest BCUT2D eigenvalue weighted by Crippen LogP contribution is 2.29. The minimum absolute atomic E-state index is 0.0407. The van der Waals surface area contributed by atoms with E-state index in [0.717, 1.165) is 36.9 Å². The number of aryl methyl sites for hydroxylation is 1. The van der Waals surface area contributed by atoms with E-state index in [1.54, 1.807) is 21.9 Å². The Labute approximate surface area is 161 Å². The maximum Gasteiger partial charge on any atom is 0.240 e. The Morgan fingerprint density at radius 1 is 1.22 bits per heavy atom. The molecule has 0 saturated carbocycles. The van der Waals surface area contributed by atoms with E-state index in [4.69, 9.17) is 0 Å². The molecule has 1 aromatic carbocycles. The van der Waals surface area contributed by atoms with E-state index < -0.39 is 10.0 Å². The van der Waals surface area contributed by atoms with Crippen LogP contribution in [0.25, 0.3) is 0 Å². The molecule has 2 rings (SSSR count). The molecule has 0 radical (unpaired) electrons. The minimum atomic E-state index is -3.66. The number of amides is 2. The maximum atomic E-state index is 12.6. The van der Waals surface area contributed by atoms with Crippen molar-refractivity contribution in [3.63, 3.8) is 0 Å². The van der Waals surface area contributed by atoms with E-state index in [0.29, 0.717) is 19.6 Å². The van der Waals surface area contributed by atoms with Gasteiger partial charge in [0.05, 0.1) is 4.90 Å². The monoisotopic (exact) mass is 395 g/mol. The van der Waals surface area contributed by atoms with Gasteiger partial charge in [0.1, 0.15) is 0 Å². The van der Waals surface area contributed by atoms with Gasteiger partial charge in [0.25, 0.3) is 0 Å². The first-order valence-electron chi connectivity index (χ1n) is 9.42. The lowest BCUT2D eigenvalue weighted by molar-refractivity contribution is -0.128. The SMILES string of the molecule is CCCCN(CCNS(=O)(=O)c1ccc2c(c1)CCCN2C(C)=O)C(C)=O. The molecular formula is C19H29N3O4S. The van der Waals surface area contributed by atoms with Crippen LogP contribution in [0.5, 0.6) is 0 Å².